The van der Waals surface area contributed by atoms with E-state index in [9.17, 15) is 0 Å². The molecule has 0 atom stereocenters. The number of oxazole rings is 1. The van der Waals surface area contributed by atoms with Gasteiger partial charge < -0.3 is 9.73 Å². The summed E-state index contributed by atoms with van der Waals surface area (Å²) in [5.74, 6) is 2.58. The van der Waals surface area contributed by atoms with Crippen molar-refractivity contribution in [2.24, 2.45) is 5.92 Å². The highest BCUT2D eigenvalue weighted by atomic mass is 16.4. The van der Waals surface area contributed by atoms with Gasteiger partial charge in [0.2, 0.25) is 0 Å². The molecular weight excluding hydrogens is 212 g/mol. The maximum absolute atomic E-state index is 5.70. The zero-order valence-corrected chi connectivity index (χ0v) is 11.8. The Labute approximate surface area is 105 Å². The van der Waals surface area contributed by atoms with Crippen molar-refractivity contribution in [1.82, 2.24) is 10.3 Å². The van der Waals surface area contributed by atoms with Crippen LogP contribution in [0.25, 0.3) is 0 Å². The molecule has 98 valence electrons. The van der Waals surface area contributed by atoms with Crippen LogP contribution in [0.5, 0.6) is 0 Å². The average molecular weight is 238 g/mol. The van der Waals surface area contributed by atoms with E-state index in [0.29, 0.717) is 5.92 Å². The molecule has 1 rings (SSSR count). The third kappa shape index (κ3) is 6.47. The zero-order valence-electron chi connectivity index (χ0n) is 11.8. The third-order valence-corrected chi connectivity index (χ3v) is 2.56. The molecule has 0 spiro atoms. The van der Waals surface area contributed by atoms with Gasteiger partial charge in [-0.3, -0.25) is 0 Å². The Hall–Kier alpha value is -0.830. The van der Waals surface area contributed by atoms with Crippen LogP contribution in [0.4, 0.5) is 0 Å². The fourth-order valence-corrected chi connectivity index (χ4v) is 1.55. The van der Waals surface area contributed by atoms with E-state index in [-0.39, 0.29) is 5.54 Å². The molecule has 0 radical (unpaired) electrons. The van der Waals surface area contributed by atoms with Crippen molar-refractivity contribution in [2.75, 3.05) is 6.54 Å². The maximum Gasteiger partial charge on any atom is 0.195 e. The molecule has 17 heavy (non-hydrogen) atoms. The van der Waals surface area contributed by atoms with E-state index in [1.54, 1.807) is 0 Å². The monoisotopic (exact) mass is 238 g/mol. The molecule has 3 nitrogen and oxygen atoms in total. The smallest absolute Gasteiger partial charge is 0.195 e. The van der Waals surface area contributed by atoms with Crippen LogP contribution in [0.15, 0.2) is 10.6 Å². The second-order valence-corrected chi connectivity index (χ2v) is 6.08. The van der Waals surface area contributed by atoms with E-state index in [2.05, 4.69) is 44.9 Å². The first kappa shape index (κ1) is 14.2. The molecule has 0 saturated carbocycles. The van der Waals surface area contributed by atoms with Crippen molar-refractivity contribution in [3.8, 4) is 0 Å². The molecule has 1 N–H and O–H groups in total. The molecule has 0 aliphatic carbocycles. The number of nitrogens with one attached hydrogen (secondary N) is 1. The fraction of sp³-hybridized carbons (Fsp3) is 0.786. The van der Waals surface area contributed by atoms with Crippen LogP contribution in [0.2, 0.25) is 0 Å². The lowest BCUT2D eigenvalue weighted by Crippen LogP contribution is -2.37. The van der Waals surface area contributed by atoms with Gasteiger partial charge in [0, 0.05) is 24.9 Å². The Morgan fingerprint density at radius 3 is 2.59 bits per heavy atom. The summed E-state index contributed by atoms with van der Waals surface area (Å²) in [6.45, 7) is 11.9. The Bertz CT molecular complexity index is 323. The molecule has 0 unspecified atom stereocenters. The molecule has 3 heteroatoms. The van der Waals surface area contributed by atoms with Crippen LogP contribution >= 0.6 is 0 Å². The number of nitrogens with zero attached hydrogens (tertiary/aromatic N) is 1. The van der Waals surface area contributed by atoms with Gasteiger partial charge in [-0.1, -0.05) is 13.8 Å². The number of hydrogen-bond donors (Lipinski definition) is 1. The molecular formula is C14H26N2O. The van der Waals surface area contributed by atoms with Gasteiger partial charge in [-0.2, -0.15) is 0 Å². The molecule has 1 aromatic rings. The summed E-state index contributed by atoms with van der Waals surface area (Å²) in [6.07, 6.45) is 4.89. The number of aromatic nitrogens is 1. The molecule has 0 bridgehead atoms. The second-order valence-electron chi connectivity index (χ2n) is 6.08. The van der Waals surface area contributed by atoms with Crippen molar-refractivity contribution >= 4 is 0 Å². The van der Waals surface area contributed by atoms with Gasteiger partial charge in [0.05, 0.1) is 6.20 Å². The summed E-state index contributed by atoms with van der Waals surface area (Å²) in [6, 6.07) is 0. The molecule has 0 saturated heterocycles. The highest BCUT2D eigenvalue weighted by Gasteiger charge is 2.09. The molecule has 0 amide bonds. The minimum absolute atomic E-state index is 0.160. The van der Waals surface area contributed by atoms with Crippen LogP contribution < -0.4 is 5.32 Å². The van der Waals surface area contributed by atoms with E-state index in [4.69, 9.17) is 4.42 Å². The van der Waals surface area contributed by atoms with Crippen molar-refractivity contribution < 1.29 is 4.42 Å². The number of hydrogen-bond acceptors (Lipinski definition) is 3. The SMILES string of the molecule is CC(C)CCc1cnc(CCNC(C)(C)C)o1. The van der Waals surface area contributed by atoms with E-state index in [1.165, 1.54) is 0 Å². The van der Waals surface area contributed by atoms with Gasteiger partial charge in [0.1, 0.15) is 5.76 Å². The zero-order chi connectivity index (χ0) is 12.9. The highest BCUT2D eigenvalue weighted by molar-refractivity contribution is 4.95. The van der Waals surface area contributed by atoms with Gasteiger partial charge in [-0.05, 0) is 33.1 Å². The van der Waals surface area contributed by atoms with Crippen molar-refractivity contribution in [1.29, 1.82) is 0 Å². The molecule has 0 fully saturated rings. The third-order valence-electron chi connectivity index (χ3n) is 2.56. The van der Waals surface area contributed by atoms with Crippen molar-refractivity contribution in [2.45, 2.75) is 59.4 Å². The number of aryl methyl sites for hydroxylation is 1. The molecule has 0 aromatic carbocycles. The fourth-order valence-electron chi connectivity index (χ4n) is 1.55. The van der Waals surface area contributed by atoms with Gasteiger partial charge in [-0.25, -0.2) is 4.98 Å². The van der Waals surface area contributed by atoms with E-state index in [0.717, 1.165) is 37.5 Å². The van der Waals surface area contributed by atoms with Crippen LogP contribution in [-0.2, 0) is 12.8 Å². The lowest BCUT2D eigenvalue weighted by molar-refractivity contribution is 0.397. The summed E-state index contributed by atoms with van der Waals surface area (Å²) >= 11 is 0. The molecule has 1 heterocycles. The van der Waals surface area contributed by atoms with Gasteiger partial charge in [0.15, 0.2) is 5.89 Å². The van der Waals surface area contributed by atoms with Crippen molar-refractivity contribution in [3.05, 3.63) is 17.8 Å². The minimum Gasteiger partial charge on any atom is -0.446 e. The first-order valence-corrected chi connectivity index (χ1v) is 6.55. The van der Waals surface area contributed by atoms with Gasteiger partial charge in [0.25, 0.3) is 0 Å². The highest BCUT2D eigenvalue weighted by Crippen LogP contribution is 2.11. The van der Waals surface area contributed by atoms with Crippen molar-refractivity contribution in [3.63, 3.8) is 0 Å². The van der Waals surface area contributed by atoms with Crippen LogP contribution in [-0.4, -0.2) is 17.1 Å². The Morgan fingerprint density at radius 2 is 2.00 bits per heavy atom. The Morgan fingerprint density at radius 1 is 1.29 bits per heavy atom. The second kappa shape index (κ2) is 6.20. The Balaban J connectivity index is 2.31. The van der Waals surface area contributed by atoms with Crippen LogP contribution in [0.1, 0.15) is 52.7 Å². The van der Waals surface area contributed by atoms with E-state index in [1.807, 2.05) is 6.20 Å². The first-order valence-electron chi connectivity index (χ1n) is 6.55. The average Bonchev–Trinajstić information content (AvgIpc) is 2.61. The largest absolute Gasteiger partial charge is 0.446 e. The summed E-state index contributed by atoms with van der Waals surface area (Å²) in [4.78, 5) is 4.31. The summed E-state index contributed by atoms with van der Waals surface area (Å²) in [5, 5.41) is 3.43. The molecule has 0 aliphatic heterocycles. The summed E-state index contributed by atoms with van der Waals surface area (Å²) in [5.41, 5.74) is 0.160. The Kier molecular flexibility index (Phi) is 5.19. The predicted octanol–water partition coefficient (Wildman–Crippen LogP) is 3.19. The van der Waals surface area contributed by atoms with Gasteiger partial charge >= 0.3 is 0 Å². The quantitative estimate of drug-likeness (QED) is 0.827. The predicted molar refractivity (Wildman–Crippen MR) is 71.1 cm³/mol. The lowest BCUT2D eigenvalue weighted by atomic mass is 10.1. The standard InChI is InChI=1S/C14H26N2O/c1-11(2)6-7-12-10-15-13(17-12)8-9-16-14(3,4)5/h10-11,16H,6-9H2,1-5H3. The summed E-state index contributed by atoms with van der Waals surface area (Å²) < 4.78 is 5.70. The maximum atomic E-state index is 5.70. The summed E-state index contributed by atoms with van der Waals surface area (Å²) in [7, 11) is 0. The van der Waals surface area contributed by atoms with Crippen LogP contribution in [0, 0.1) is 5.92 Å². The van der Waals surface area contributed by atoms with Crippen LogP contribution in [0.3, 0.4) is 0 Å². The lowest BCUT2D eigenvalue weighted by Gasteiger charge is -2.19. The molecule has 1 aromatic heterocycles. The van der Waals surface area contributed by atoms with Gasteiger partial charge in [-0.15, -0.1) is 0 Å². The molecule has 0 aliphatic rings. The number of rotatable bonds is 6. The topological polar surface area (TPSA) is 38.1 Å². The van der Waals surface area contributed by atoms with E-state index < -0.39 is 0 Å². The normalized spacial score (nSPS) is 12.4. The minimum atomic E-state index is 0.160. The van der Waals surface area contributed by atoms with E-state index >= 15 is 0 Å². The first-order chi connectivity index (χ1) is 7.87.